The van der Waals surface area contributed by atoms with Crippen LogP contribution >= 0.6 is 0 Å². The summed E-state index contributed by atoms with van der Waals surface area (Å²) in [4.78, 5) is 13.6. The maximum Gasteiger partial charge on any atom is 0.236 e. The molecule has 4 heteroatoms. The third-order valence-electron chi connectivity index (χ3n) is 3.30. The summed E-state index contributed by atoms with van der Waals surface area (Å²) in [6, 6.07) is 0. The van der Waals surface area contributed by atoms with Crippen LogP contribution in [0, 0.1) is 11.8 Å². The zero-order valence-electron chi connectivity index (χ0n) is 9.11. The number of nitrogens with one attached hydrogen (secondary N) is 1. The molecule has 2 rings (SSSR count). The van der Waals surface area contributed by atoms with Gasteiger partial charge < -0.3 is 15.3 Å². The maximum absolute atomic E-state index is 11.7. The van der Waals surface area contributed by atoms with Gasteiger partial charge in [0.1, 0.15) is 0 Å². The average molecular weight is 212 g/mol. The summed E-state index contributed by atoms with van der Waals surface area (Å²) in [5, 5.41) is 12.2. The van der Waals surface area contributed by atoms with Crippen molar-refractivity contribution in [3.63, 3.8) is 0 Å². The zero-order valence-corrected chi connectivity index (χ0v) is 9.11. The SMILES string of the molecule is O=C(CNCC1CC1)N1CCC(CO)C1. The minimum Gasteiger partial charge on any atom is -0.396 e. The van der Waals surface area contributed by atoms with Crippen LogP contribution in [0.2, 0.25) is 0 Å². The van der Waals surface area contributed by atoms with Crippen LogP contribution in [0.3, 0.4) is 0 Å². The van der Waals surface area contributed by atoms with Crippen molar-refractivity contribution in [1.29, 1.82) is 0 Å². The highest BCUT2D eigenvalue weighted by atomic mass is 16.3. The van der Waals surface area contributed by atoms with Crippen molar-refractivity contribution < 1.29 is 9.90 Å². The summed E-state index contributed by atoms with van der Waals surface area (Å²) >= 11 is 0. The first-order valence-electron chi connectivity index (χ1n) is 5.89. The van der Waals surface area contributed by atoms with Crippen molar-refractivity contribution in [3.05, 3.63) is 0 Å². The monoisotopic (exact) mass is 212 g/mol. The molecule has 15 heavy (non-hydrogen) atoms. The highest BCUT2D eigenvalue weighted by Gasteiger charge is 2.26. The number of carbonyl (C=O) groups excluding carboxylic acids is 1. The van der Waals surface area contributed by atoms with Crippen molar-refractivity contribution in [2.75, 3.05) is 32.8 Å². The van der Waals surface area contributed by atoms with Gasteiger partial charge in [0.25, 0.3) is 0 Å². The largest absolute Gasteiger partial charge is 0.396 e. The van der Waals surface area contributed by atoms with E-state index < -0.39 is 0 Å². The Balaban J connectivity index is 1.62. The summed E-state index contributed by atoms with van der Waals surface area (Å²) in [5.41, 5.74) is 0. The minimum atomic E-state index is 0.187. The fourth-order valence-electron chi connectivity index (χ4n) is 2.03. The van der Waals surface area contributed by atoms with Crippen LogP contribution in [-0.4, -0.2) is 48.7 Å². The van der Waals surface area contributed by atoms with Gasteiger partial charge in [0.2, 0.25) is 5.91 Å². The van der Waals surface area contributed by atoms with E-state index >= 15 is 0 Å². The third-order valence-corrected chi connectivity index (χ3v) is 3.30. The van der Waals surface area contributed by atoms with Crippen LogP contribution in [0.25, 0.3) is 0 Å². The molecular formula is C11H20N2O2. The average Bonchev–Trinajstić information content (AvgIpc) is 2.94. The summed E-state index contributed by atoms with van der Waals surface area (Å²) in [6.07, 6.45) is 3.58. The minimum absolute atomic E-state index is 0.187. The summed E-state index contributed by atoms with van der Waals surface area (Å²) < 4.78 is 0. The van der Waals surface area contributed by atoms with Gasteiger partial charge in [0, 0.05) is 25.6 Å². The van der Waals surface area contributed by atoms with Gasteiger partial charge in [0.15, 0.2) is 0 Å². The first-order valence-corrected chi connectivity index (χ1v) is 5.89. The normalized spacial score (nSPS) is 25.9. The molecule has 4 nitrogen and oxygen atoms in total. The van der Waals surface area contributed by atoms with Crippen LogP contribution in [0.5, 0.6) is 0 Å². The van der Waals surface area contributed by atoms with Crippen molar-refractivity contribution in [2.24, 2.45) is 11.8 Å². The van der Waals surface area contributed by atoms with Gasteiger partial charge in [-0.1, -0.05) is 0 Å². The molecular weight excluding hydrogens is 192 g/mol. The van der Waals surface area contributed by atoms with E-state index in [0.717, 1.165) is 32.0 Å². The van der Waals surface area contributed by atoms with Gasteiger partial charge in [-0.25, -0.2) is 0 Å². The molecule has 1 saturated carbocycles. The predicted molar refractivity (Wildman–Crippen MR) is 57.4 cm³/mol. The van der Waals surface area contributed by atoms with E-state index in [9.17, 15) is 4.79 Å². The fraction of sp³-hybridized carbons (Fsp3) is 0.909. The summed E-state index contributed by atoms with van der Waals surface area (Å²) in [5.74, 6) is 1.31. The number of hydrogen-bond donors (Lipinski definition) is 2. The molecule has 1 unspecified atom stereocenters. The molecule has 1 aliphatic carbocycles. The quantitative estimate of drug-likeness (QED) is 0.665. The molecule has 1 heterocycles. The molecule has 1 saturated heterocycles. The predicted octanol–water partition coefficient (Wildman–Crippen LogP) is -0.173. The molecule has 0 bridgehead atoms. The van der Waals surface area contributed by atoms with Crippen molar-refractivity contribution in [1.82, 2.24) is 10.2 Å². The van der Waals surface area contributed by atoms with Crippen LogP contribution in [0.4, 0.5) is 0 Å². The molecule has 1 amide bonds. The van der Waals surface area contributed by atoms with Gasteiger partial charge in [-0.15, -0.1) is 0 Å². The first-order chi connectivity index (χ1) is 7.29. The Morgan fingerprint density at radius 2 is 2.13 bits per heavy atom. The van der Waals surface area contributed by atoms with E-state index in [-0.39, 0.29) is 12.5 Å². The molecule has 0 spiro atoms. The molecule has 86 valence electrons. The van der Waals surface area contributed by atoms with Crippen LogP contribution < -0.4 is 5.32 Å². The number of rotatable bonds is 5. The van der Waals surface area contributed by atoms with E-state index in [1.54, 1.807) is 0 Å². The van der Waals surface area contributed by atoms with Crippen LogP contribution in [-0.2, 0) is 4.79 Å². The van der Waals surface area contributed by atoms with E-state index in [1.165, 1.54) is 12.8 Å². The van der Waals surface area contributed by atoms with Crippen LogP contribution in [0.1, 0.15) is 19.3 Å². The first kappa shape index (κ1) is 10.9. The highest BCUT2D eigenvalue weighted by molar-refractivity contribution is 5.78. The maximum atomic E-state index is 11.7. The van der Waals surface area contributed by atoms with Gasteiger partial charge in [-0.3, -0.25) is 4.79 Å². The lowest BCUT2D eigenvalue weighted by Gasteiger charge is -2.16. The lowest BCUT2D eigenvalue weighted by molar-refractivity contribution is -0.129. The molecule has 2 N–H and O–H groups in total. The second-order valence-corrected chi connectivity index (χ2v) is 4.75. The second-order valence-electron chi connectivity index (χ2n) is 4.75. The molecule has 0 aromatic rings. The fourth-order valence-corrected chi connectivity index (χ4v) is 2.03. The van der Waals surface area contributed by atoms with Crippen molar-refractivity contribution >= 4 is 5.91 Å². The van der Waals surface area contributed by atoms with Gasteiger partial charge in [-0.05, 0) is 31.7 Å². The Bertz CT molecular complexity index is 229. The topological polar surface area (TPSA) is 52.6 Å². The number of nitrogens with zero attached hydrogens (tertiary/aromatic N) is 1. The van der Waals surface area contributed by atoms with E-state index in [4.69, 9.17) is 5.11 Å². The van der Waals surface area contributed by atoms with Gasteiger partial charge >= 0.3 is 0 Å². The second kappa shape index (κ2) is 4.94. The van der Waals surface area contributed by atoms with Gasteiger partial charge in [0.05, 0.1) is 6.54 Å². The van der Waals surface area contributed by atoms with Crippen molar-refractivity contribution in [3.8, 4) is 0 Å². The standard InChI is InChI=1S/C11H20N2O2/c14-8-10-3-4-13(7-10)11(15)6-12-5-9-1-2-9/h9-10,12,14H,1-8H2. The van der Waals surface area contributed by atoms with Gasteiger partial charge in [-0.2, -0.15) is 0 Å². The molecule has 2 aliphatic rings. The zero-order chi connectivity index (χ0) is 10.7. The van der Waals surface area contributed by atoms with Crippen molar-refractivity contribution in [2.45, 2.75) is 19.3 Å². The molecule has 0 aromatic carbocycles. The number of carbonyl (C=O) groups is 1. The summed E-state index contributed by atoms with van der Waals surface area (Å²) in [6.45, 7) is 3.21. The number of hydrogen-bond acceptors (Lipinski definition) is 3. The Morgan fingerprint density at radius 3 is 2.73 bits per heavy atom. The van der Waals surface area contributed by atoms with Crippen LogP contribution in [0.15, 0.2) is 0 Å². The Hall–Kier alpha value is -0.610. The Kier molecular flexibility index (Phi) is 3.59. The number of likely N-dealkylation sites (tertiary alicyclic amines) is 1. The molecule has 2 fully saturated rings. The van der Waals surface area contributed by atoms with E-state index in [2.05, 4.69) is 5.32 Å². The molecule has 0 aromatic heterocycles. The number of amides is 1. The lowest BCUT2D eigenvalue weighted by atomic mass is 10.1. The van der Waals surface area contributed by atoms with E-state index in [0.29, 0.717) is 12.5 Å². The summed E-state index contributed by atoms with van der Waals surface area (Å²) in [7, 11) is 0. The number of aliphatic hydroxyl groups excluding tert-OH is 1. The highest BCUT2D eigenvalue weighted by Crippen LogP contribution is 2.27. The smallest absolute Gasteiger partial charge is 0.236 e. The molecule has 1 aliphatic heterocycles. The Labute approximate surface area is 90.6 Å². The third kappa shape index (κ3) is 3.18. The lowest BCUT2D eigenvalue weighted by Crippen LogP contribution is -2.37. The van der Waals surface area contributed by atoms with E-state index in [1.807, 2.05) is 4.90 Å². The molecule has 1 atom stereocenters. The number of aliphatic hydroxyl groups is 1. The molecule has 0 radical (unpaired) electrons. The Morgan fingerprint density at radius 1 is 1.33 bits per heavy atom.